The number of amidine groups is 1. The van der Waals surface area contributed by atoms with E-state index in [9.17, 15) is 18.0 Å². The number of fused-ring (bicyclic) bond motifs is 1. The van der Waals surface area contributed by atoms with E-state index in [1.165, 1.54) is 19.2 Å². The van der Waals surface area contributed by atoms with Gasteiger partial charge in [0.2, 0.25) is 11.7 Å². The molecule has 1 atom stereocenters. The highest BCUT2D eigenvalue weighted by Crippen LogP contribution is 2.36. The summed E-state index contributed by atoms with van der Waals surface area (Å²) < 4.78 is 54.4. The van der Waals surface area contributed by atoms with Gasteiger partial charge in [-0.2, -0.15) is 17.6 Å². The summed E-state index contributed by atoms with van der Waals surface area (Å²) in [6, 6.07) is 10.1. The Kier molecular flexibility index (Phi) is 6.90. The Bertz CT molecular complexity index is 1190. The highest BCUT2D eigenvalue weighted by Gasteiger charge is 2.33. The zero-order chi connectivity index (χ0) is 25.2. The number of carbonyl (C=O) groups excluding carboxylic acids is 1. The average molecular weight is 488 g/mol. The van der Waals surface area contributed by atoms with E-state index in [0.29, 0.717) is 24.9 Å². The van der Waals surface area contributed by atoms with Gasteiger partial charge in [-0.1, -0.05) is 24.3 Å². The van der Waals surface area contributed by atoms with E-state index in [0.717, 1.165) is 35.4 Å². The van der Waals surface area contributed by atoms with Crippen LogP contribution >= 0.6 is 0 Å². The number of carbonyl (C=O) groups is 1. The number of alkyl halides is 3. The van der Waals surface area contributed by atoms with Crippen LogP contribution in [0, 0.1) is 0 Å². The molecule has 2 heterocycles. The largest absolute Gasteiger partial charge is 0.416 e. The van der Waals surface area contributed by atoms with E-state index in [4.69, 9.17) is 0 Å². The Morgan fingerprint density at radius 3 is 2.63 bits per heavy atom. The number of nitrogens with one attached hydrogen (secondary N) is 2. The summed E-state index contributed by atoms with van der Waals surface area (Å²) in [5.41, 5.74) is 2.42. The van der Waals surface area contributed by atoms with Gasteiger partial charge in [-0.05, 0) is 54.4 Å². The molecular weight excluding hydrogens is 462 g/mol. The smallest absolute Gasteiger partial charge is 0.363 e. The van der Waals surface area contributed by atoms with Crippen molar-refractivity contribution in [2.75, 3.05) is 18.9 Å². The van der Waals surface area contributed by atoms with Crippen molar-refractivity contribution in [3.63, 3.8) is 0 Å². The third-order valence-corrected chi connectivity index (χ3v) is 6.18. The predicted octanol–water partition coefficient (Wildman–Crippen LogP) is 4.99. The summed E-state index contributed by atoms with van der Waals surface area (Å²) in [4.78, 5) is 21.3. The van der Waals surface area contributed by atoms with E-state index in [1.54, 1.807) is 11.0 Å². The Morgan fingerprint density at radius 1 is 1.23 bits per heavy atom. The summed E-state index contributed by atoms with van der Waals surface area (Å²) in [7, 11) is 1.46. The Hall–Kier alpha value is -3.69. The van der Waals surface area contributed by atoms with Crippen LogP contribution in [0.2, 0.25) is 0 Å². The number of benzene rings is 2. The van der Waals surface area contributed by atoms with Crippen LogP contribution in [0.15, 0.2) is 64.1 Å². The summed E-state index contributed by atoms with van der Waals surface area (Å²) in [5.74, 6) is -0.787. The van der Waals surface area contributed by atoms with E-state index < -0.39 is 17.6 Å². The molecule has 0 aromatic heterocycles. The minimum Gasteiger partial charge on any atom is -0.363 e. The van der Waals surface area contributed by atoms with Crippen LogP contribution in [-0.4, -0.2) is 37.0 Å². The molecule has 2 aromatic rings. The molecule has 4 rings (SSSR count). The molecule has 1 fully saturated rings. The van der Waals surface area contributed by atoms with E-state index in [2.05, 4.69) is 27.3 Å². The molecule has 1 saturated heterocycles. The van der Waals surface area contributed by atoms with Gasteiger partial charge in [0.05, 0.1) is 18.0 Å². The minimum absolute atomic E-state index is 0.0612. The van der Waals surface area contributed by atoms with Gasteiger partial charge >= 0.3 is 6.18 Å². The van der Waals surface area contributed by atoms with Crippen LogP contribution in [-0.2, 0) is 23.9 Å². The number of amides is 1. The van der Waals surface area contributed by atoms with Gasteiger partial charge in [0.25, 0.3) is 0 Å². The zero-order valence-corrected chi connectivity index (χ0v) is 19.1. The average Bonchev–Trinajstić information content (AvgIpc) is 3.45. The van der Waals surface area contributed by atoms with Gasteiger partial charge in [-0.25, -0.2) is 4.99 Å². The molecule has 0 bridgehead atoms. The lowest BCUT2D eigenvalue weighted by atomic mass is 10.0. The number of rotatable bonds is 6. The Balaban J connectivity index is 1.52. The van der Waals surface area contributed by atoms with Crippen LogP contribution in [0.1, 0.15) is 41.1 Å². The van der Waals surface area contributed by atoms with Gasteiger partial charge in [-0.3, -0.25) is 9.79 Å². The second kappa shape index (κ2) is 9.89. The lowest BCUT2D eigenvalue weighted by Crippen LogP contribution is -2.32. The summed E-state index contributed by atoms with van der Waals surface area (Å²) in [6.07, 6.45) is -2.72. The first-order valence-electron chi connectivity index (χ1n) is 11.1. The molecule has 0 spiro atoms. The summed E-state index contributed by atoms with van der Waals surface area (Å²) in [5, 5.41) is 5.71. The molecule has 0 radical (unpaired) electrons. The number of nitrogens with zero attached hydrogens (tertiary/aromatic N) is 3. The summed E-state index contributed by atoms with van der Waals surface area (Å²) >= 11 is 0. The van der Waals surface area contributed by atoms with Crippen LogP contribution in [0.5, 0.6) is 0 Å². The molecule has 184 valence electrons. The molecule has 1 unspecified atom stereocenters. The lowest BCUT2D eigenvalue weighted by Gasteiger charge is -2.28. The van der Waals surface area contributed by atoms with Crippen LogP contribution < -0.4 is 10.6 Å². The highest BCUT2D eigenvalue weighted by atomic mass is 19.4. The Morgan fingerprint density at radius 2 is 1.97 bits per heavy atom. The first-order chi connectivity index (χ1) is 16.7. The SMILES string of the molecule is C=N/C(NCc1ccc2c(c1)CC(=O)N2)=C(F)\C(=N/C)N1CCCC1c1ccc(C(F)(F)F)cc1. The molecular formula is C25H25F4N5O. The maximum absolute atomic E-state index is 15.6. The fourth-order valence-electron chi connectivity index (χ4n) is 4.50. The topological polar surface area (TPSA) is 69.1 Å². The number of likely N-dealkylation sites (tertiary alicyclic amines) is 1. The van der Waals surface area contributed by atoms with E-state index in [-0.39, 0.29) is 30.2 Å². The first-order valence-corrected chi connectivity index (χ1v) is 11.1. The summed E-state index contributed by atoms with van der Waals surface area (Å²) in [6.45, 7) is 4.22. The normalized spacial score (nSPS) is 18.8. The van der Waals surface area contributed by atoms with Gasteiger partial charge in [0.15, 0.2) is 11.7 Å². The van der Waals surface area contributed by atoms with Gasteiger partial charge in [-0.15, -0.1) is 0 Å². The van der Waals surface area contributed by atoms with Gasteiger partial charge < -0.3 is 15.5 Å². The fraction of sp³-hybridized carbons (Fsp3) is 0.320. The number of aliphatic imine (C=N–C) groups is 2. The third-order valence-electron chi connectivity index (χ3n) is 6.18. The van der Waals surface area contributed by atoms with Crippen molar-refractivity contribution < 1.29 is 22.4 Å². The molecule has 2 aliphatic heterocycles. The minimum atomic E-state index is -4.42. The number of halogens is 4. The maximum atomic E-state index is 15.6. The molecule has 10 heteroatoms. The number of anilines is 1. The second-order valence-electron chi connectivity index (χ2n) is 8.41. The van der Waals surface area contributed by atoms with Crippen LogP contribution in [0.4, 0.5) is 23.2 Å². The van der Waals surface area contributed by atoms with Gasteiger partial charge in [0.1, 0.15) is 0 Å². The molecule has 6 nitrogen and oxygen atoms in total. The second-order valence-corrected chi connectivity index (χ2v) is 8.41. The van der Waals surface area contributed by atoms with Crippen LogP contribution in [0.25, 0.3) is 0 Å². The standard InChI is InChI=1S/C25H25F4N5O/c1-30-23(32-14-15-5-10-19-17(12-15)13-21(35)33-19)22(26)24(31-2)34-11-3-4-20(34)16-6-8-18(9-7-16)25(27,28)29/h5-10,12,20,32H,1,3-4,11,13-14H2,2H3,(H,33,35)/b23-22-,31-24+. The van der Waals surface area contributed by atoms with Crippen molar-refractivity contribution in [1.82, 2.24) is 10.2 Å². The quantitative estimate of drug-likeness (QED) is 0.343. The van der Waals surface area contributed by atoms with Crippen molar-refractivity contribution in [3.05, 3.63) is 76.4 Å². The molecule has 2 N–H and O–H groups in total. The van der Waals surface area contributed by atoms with Crippen molar-refractivity contribution in [2.24, 2.45) is 9.98 Å². The fourth-order valence-corrected chi connectivity index (χ4v) is 4.50. The lowest BCUT2D eigenvalue weighted by molar-refractivity contribution is -0.137. The van der Waals surface area contributed by atoms with Crippen molar-refractivity contribution in [1.29, 1.82) is 0 Å². The van der Waals surface area contributed by atoms with E-state index in [1.807, 2.05) is 12.1 Å². The zero-order valence-electron chi connectivity index (χ0n) is 19.1. The molecule has 2 aromatic carbocycles. The Labute approximate surface area is 200 Å². The molecule has 0 saturated carbocycles. The highest BCUT2D eigenvalue weighted by molar-refractivity contribution is 5.99. The molecule has 2 aliphatic rings. The molecule has 1 amide bonds. The van der Waals surface area contributed by atoms with Crippen molar-refractivity contribution >= 4 is 24.1 Å². The van der Waals surface area contributed by atoms with Crippen molar-refractivity contribution in [2.45, 2.75) is 38.0 Å². The number of hydrogen-bond acceptors (Lipinski definition) is 4. The van der Waals surface area contributed by atoms with Gasteiger partial charge in [0, 0.05) is 25.8 Å². The predicted molar refractivity (Wildman–Crippen MR) is 127 cm³/mol. The maximum Gasteiger partial charge on any atom is 0.416 e. The van der Waals surface area contributed by atoms with Crippen LogP contribution in [0.3, 0.4) is 0 Å². The first kappa shape index (κ1) is 24.4. The number of hydrogen-bond donors (Lipinski definition) is 2. The molecule has 0 aliphatic carbocycles. The molecule has 35 heavy (non-hydrogen) atoms. The third kappa shape index (κ3) is 5.21. The van der Waals surface area contributed by atoms with E-state index >= 15 is 4.39 Å². The van der Waals surface area contributed by atoms with Crippen molar-refractivity contribution in [3.8, 4) is 0 Å². The monoisotopic (exact) mass is 487 g/mol.